The molecule has 142 valence electrons. The third-order valence-electron chi connectivity index (χ3n) is 4.20. The van der Waals surface area contributed by atoms with Gasteiger partial charge in [-0.3, -0.25) is 9.59 Å². The number of amides is 1. The van der Waals surface area contributed by atoms with Gasteiger partial charge in [-0.15, -0.1) is 11.8 Å². The molecule has 0 saturated carbocycles. The molecule has 2 atom stereocenters. The molecular formula is C19H31NO4S. The predicted molar refractivity (Wildman–Crippen MR) is 102 cm³/mol. The summed E-state index contributed by atoms with van der Waals surface area (Å²) in [4.78, 5) is 24.5. The van der Waals surface area contributed by atoms with Crippen molar-refractivity contribution >= 4 is 23.6 Å². The first-order chi connectivity index (χ1) is 12.0. The van der Waals surface area contributed by atoms with Crippen molar-refractivity contribution in [2.24, 2.45) is 0 Å². The first-order valence-corrected chi connectivity index (χ1v) is 10.2. The van der Waals surface area contributed by atoms with Crippen LogP contribution >= 0.6 is 11.8 Å². The number of likely N-dealkylation sites (tertiary alicyclic amines) is 1. The number of carbonyl (C=O) groups excluding carboxylic acids is 1. The lowest BCUT2D eigenvalue weighted by molar-refractivity contribution is -0.136. The molecule has 0 aromatic carbocycles. The fourth-order valence-corrected chi connectivity index (χ4v) is 3.43. The van der Waals surface area contributed by atoms with E-state index >= 15 is 0 Å². The number of hydrogen-bond acceptors (Lipinski definition) is 4. The second-order valence-corrected chi connectivity index (χ2v) is 7.35. The van der Waals surface area contributed by atoms with Crippen LogP contribution in [0, 0.1) is 0 Å². The van der Waals surface area contributed by atoms with Crippen LogP contribution < -0.4 is 0 Å². The molecule has 0 aliphatic carbocycles. The Morgan fingerprint density at radius 2 is 2.24 bits per heavy atom. The Bertz CT molecular complexity index is 464. The first kappa shape index (κ1) is 21.8. The van der Waals surface area contributed by atoms with Crippen molar-refractivity contribution in [3.63, 3.8) is 0 Å². The largest absolute Gasteiger partial charge is 0.481 e. The summed E-state index contributed by atoms with van der Waals surface area (Å²) in [5.41, 5.74) is 0. The zero-order valence-electron chi connectivity index (χ0n) is 15.1. The van der Waals surface area contributed by atoms with Crippen molar-refractivity contribution in [3.8, 4) is 0 Å². The highest BCUT2D eigenvalue weighted by atomic mass is 32.2. The molecule has 1 aliphatic rings. The van der Waals surface area contributed by atoms with E-state index in [0.717, 1.165) is 38.5 Å². The SMILES string of the molecule is CCCCCC(O)C=C[C@H]1CCCC(=O)N1CC=CSCCC(=O)O. The third-order valence-corrected chi connectivity index (χ3v) is 5.02. The highest BCUT2D eigenvalue weighted by molar-refractivity contribution is 8.02. The smallest absolute Gasteiger partial charge is 0.304 e. The Labute approximate surface area is 155 Å². The molecule has 0 aromatic heterocycles. The zero-order chi connectivity index (χ0) is 18.5. The van der Waals surface area contributed by atoms with Gasteiger partial charge in [0.25, 0.3) is 0 Å². The van der Waals surface area contributed by atoms with Crippen molar-refractivity contribution in [1.82, 2.24) is 4.90 Å². The van der Waals surface area contributed by atoms with E-state index in [9.17, 15) is 14.7 Å². The molecule has 1 unspecified atom stereocenters. The van der Waals surface area contributed by atoms with E-state index in [1.165, 1.54) is 11.8 Å². The van der Waals surface area contributed by atoms with E-state index in [2.05, 4.69) is 6.92 Å². The zero-order valence-corrected chi connectivity index (χ0v) is 15.9. The number of nitrogens with zero attached hydrogens (tertiary/aromatic N) is 1. The number of carboxylic acid groups (broad SMARTS) is 1. The van der Waals surface area contributed by atoms with E-state index in [1.807, 2.05) is 28.5 Å². The number of piperidine rings is 1. The molecule has 1 amide bonds. The van der Waals surface area contributed by atoms with Gasteiger partial charge in [0.15, 0.2) is 0 Å². The molecule has 1 fully saturated rings. The van der Waals surface area contributed by atoms with Crippen molar-refractivity contribution in [1.29, 1.82) is 0 Å². The van der Waals surface area contributed by atoms with Gasteiger partial charge in [0.05, 0.1) is 18.6 Å². The van der Waals surface area contributed by atoms with Gasteiger partial charge in [0.2, 0.25) is 5.91 Å². The maximum absolute atomic E-state index is 12.2. The fraction of sp³-hybridized carbons (Fsp3) is 0.684. The summed E-state index contributed by atoms with van der Waals surface area (Å²) in [5, 5.41) is 20.5. The standard InChI is InChI=1S/C19H31NO4S/c1-2-3-4-8-17(21)11-10-16-7-5-9-18(22)20(16)13-6-14-25-15-12-19(23)24/h6,10-11,14,16-17,21H,2-5,7-9,12-13,15H2,1H3,(H,23,24)/t16-,17?/m1/s1. The molecule has 0 aromatic rings. The molecule has 1 rings (SSSR count). The molecule has 1 saturated heterocycles. The van der Waals surface area contributed by atoms with Crippen molar-refractivity contribution in [2.75, 3.05) is 12.3 Å². The van der Waals surface area contributed by atoms with Gasteiger partial charge in [-0.25, -0.2) is 0 Å². The minimum absolute atomic E-state index is 0.0377. The number of carboxylic acids is 1. The van der Waals surface area contributed by atoms with Gasteiger partial charge >= 0.3 is 5.97 Å². The van der Waals surface area contributed by atoms with E-state index in [1.54, 1.807) is 0 Å². The summed E-state index contributed by atoms with van der Waals surface area (Å²) in [6.45, 7) is 2.67. The van der Waals surface area contributed by atoms with Crippen LogP contribution in [0.15, 0.2) is 23.6 Å². The molecule has 1 heterocycles. The molecule has 2 N–H and O–H groups in total. The predicted octanol–water partition coefficient (Wildman–Crippen LogP) is 3.59. The first-order valence-electron chi connectivity index (χ1n) is 9.18. The fourth-order valence-electron chi connectivity index (χ4n) is 2.78. The Kier molecular flexibility index (Phi) is 11.3. The van der Waals surface area contributed by atoms with E-state index in [4.69, 9.17) is 5.11 Å². The van der Waals surface area contributed by atoms with Gasteiger partial charge in [-0.05, 0) is 24.7 Å². The summed E-state index contributed by atoms with van der Waals surface area (Å²) in [7, 11) is 0. The molecule has 6 heteroatoms. The lowest BCUT2D eigenvalue weighted by Crippen LogP contribution is -2.42. The minimum Gasteiger partial charge on any atom is -0.481 e. The quantitative estimate of drug-likeness (QED) is 0.406. The maximum atomic E-state index is 12.2. The van der Waals surface area contributed by atoms with Crippen LogP contribution in [0.1, 0.15) is 58.3 Å². The van der Waals surface area contributed by atoms with Crippen LogP contribution in [0.25, 0.3) is 0 Å². The van der Waals surface area contributed by atoms with Gasteiger partial charge in [-0.2, -0.15) is 0 Å². The number of aliphatic carboxylic acids is 1. The Hall–Kier alpha value is -1.27. The van der Waals surface area contributed by atoms with E-state index < -0.39 is 12.1 Å². The van der Waals surface area contributed by atoms with Gasteiger partial charge in [-0.1, -0.05) is 44.4 Å². The van der Waals surface area contributed by atoms with Crippen LogP contribution in [-0.4, -0.2) is 51.4 Å². The summed E-state index contributed by atoms with van der Waals surface area (Å²) in [6, 6.07) is 0.0377. The number of hydrogen-bond donors (Lipinski definition) is 2. The van der Waals surface area contributed by atoms with Crippen LogP contribution in [0.3, 0.4) is 0 Å². The number of aliphatic hydroxyl groups is 1. The average Bonchev–Trinajstić information content (AvgIpc) is 2.57. The van der Waals surface area contributed by atoms with Crippen LogP contribution in [0.2, 0.25) is 0 Å². The van der Waals surface area contributed by atoms with Gasteiger partial charge in [0, 0.05) is 18.7 Å². The maximum Gasteiger partial charge on any atom is 0.304 e. The molecule has 0 bridgehead atoms. The lowest BCUT2D eigenvalue weighted by atomic mass is 10.00. The summed E-state index contributed by atoms with van der Waals surface area (Å²) < 4.78 is 0. The van der Waals surface area contributed by atoms with Crippen molar-refractivity contribution < 1.29 is 19.8 Å². The third kappa shape index (κ3) is 9.70. The lowest BCUT2D eigenvalue weighted by Gasteiger charge is -2.33. The molecule has 0 spiro atoms. The van der Waals surface area contributed by atoms with Crippen molar-refractivity contribution in [2.45, 2.75) is 70.4 Å². The molecule has 0 radical (unpaired) electrons. The molecule has 5 nitrogen and oxygen atoms in total. The average molecular weight is 370 g/mol. The second-order valence-electron chi connectivity index (χ2n) is 6.34. The molecule has 1 aliphatic heterocycles. The second kappa shape index (κ2) is 13.0. The summed E-state index contributed by atoms with van der Waals surface area (Å²) in [6.07, 6.45) is 11.8. The van der Waals surface area contributed by atoms with E-state index in [0.29, 0.717) is 18.7 Å². The number of carbonyl (C=O) groups is 2. The highest BCUT2D eigenvalue weighted by Crippen LogP contribution is 2.20. The Morgan fingerprint density at radius 1 is 1.44 bits per heavy atom. The van der Waals surface area contributed by atoms with Crippen LogP contribution in [0.5, 0.6) is 0 Å². The highest BCUT2D eigenvalue weighted by Gasteiger charge is 2.25. The van der Waals surface area contributed by atoms with Crippen molar-refractivity contribution in [3.05, 3.63) is 23.6 Å². The Balaban J connectivity index is 2.45. The number of aliphatic hydroxyl groups excluding tert-OH is 1. The van der Waals surface area contributed by atoms with Gasteiger partial charge in [0.1, 0.15) is 0 Å². The van der Waals surface area contributed by atoms with Gasteiger partial charge < -0.3 is 15.1 Å². The molecular weight excluding hydrogens is 338 g/mol. The normalized spacial score (nSPS) is 19.8. The van der Waals surface area contributed by atoms with Crippen LogP contribution in [-0.2, 0) is 9.59 Å². The monoisotopic (exact) mass is 369 g/mol. The van der Waals surface area contributed by atoms with E-state index in [-0.39, 0.29) is 18.4 Å². The minimum atomic E-state index is -0.796. The topological polar surface area (TPSA) is 77.8 Å². The number of thioether (sulfide) groups is 1. The molecule has 25 heavy (non-hydrogen) atoms. The van der Waals surface area contributed by atoms with Crippen LogP contribution in [0.4, 0.5) is 0 Å². The Morgan fingerprint density at radius 3 is 2.96 bits per heavy atom. The number of unbranched alkanes of at least 4 members (excludes halogenated alkanes) is 2. The summed E-state index contributed by atoms with van der Waals surface area (Å²) >= 11 is 1.44. The number of rotatable bonds is 12. The summed E-state index contributed by atoms with van der Waals surface area (Å²) in [5.74, 6) is -0.121.